The zero-order valence-corrected chi connectivity index (χ0v) is 13.4. The molecule has 0 amide bonds. The molecule has 2 bridgehead atoms. The molecule has 120 valence electrons. The number of rotatable bonds is 5. The maximum atomic E-state index is 6.34. The predicted molar refractivity (Wildman–Crippen MR) is 90.8 cm³/mol. The van der Waals surface area contributed by atoms with E-state index in [9.17, 15) is 0 Å². The maximum absolute atomic E-state index is 6.34. The first-order valence-corrected chi connectivity index (χ1v) is 8.53. The number of benzene rings is 2. The quantitative estimate of drug-likeness (QED) is 0.840. The van der Waals surface area contributed by atoms with Gasteiger partial charge in [-0.05, 0) is 49.5 Å². The van der Waals surface area contributed by atoms with Gasteiger partial charge in [0.15, 0.2) is 11.5 Å². The molecule has 3 heterocycles. The molecule has 1 atom stereocenters. The van der Waals surface area contributed by atoms with Crippen molar-refractivity contribution in [1.29, 1.82) is 0 Å². The second-order valence-corrected chi connectivity index (χ2v) is 6.52. The third kappa shape index (κ3) is 3.35. The van der Waals surface area contributed by atoms with Crippen molar-refractivity contribution >= 4 is 0 Å². The summed E-state index contributed by atoms with van der Waals surface area (Å²) in [6.45, 7) is 4.09. The summed E-state index contributed by atoms with van der Waals surface area (Å²) < 4.78 is 12.3. The summed E-state index contributed by atoms with van der Waals surface area (Å²) in [5.74, 6) is 2.41. The van der Waals surface area contributed by atoms with E-state index in [2.05, 4.69) is 17.0 Å². The van der Waals surface area contributed by atoms with Crippen molar-refractivity contribution in [2.24, 2.45) is 5.92 Å². The summed E-state index contributed by atoms with van der Waals surface area (Å²) in [6.07, 6.45) is 2.83. The standard InChI is InChI=1S/C20H23NO2/c1-2-6-16(7-3-1)15-22-18-8-4-5-9-19(18)23-20-14-21-12-10-17(20)11-13-21/h1-9,17,20H,10-15H2. The van der Waals surface area contributed by atoms with E-state index in [4.69, 9.17) is 9.47 Å². The van der Waals surface area contributed by atoms with E-state index < -0.39 is 0 Å². The second kappa shape index (κ2) is 6.63. The van der Waals surface area contributed by atoms with Gasteiger partial charge in [0, 0.05) is 6.54 Å². The van der Waals surface area contributed by atoms with E-state index >= 15 is 0 Å². The first kappa shape index (κ1) is 14.6. The zero-order chi connectivity index (χ0) is 15.5. The van der Waals surface area contributed by atoms with Gasteiger partial charge in [0.2, 0.25) is 0 Å². The number of ether oxygens (including phenoxy) is 2. The van der Waals surface area contributed by atoms with Crippen LogP contribution >= 0.6 is 0 Å². The Morgan fingerprint density at radius 1 is 0.870 bits per heavy atom. The molecular weight excluding hydrogens is 286 g/mol. The molecule has 3 fully saturated rings. The highest BCUT2D eigenvalue weighted by atomic mass is 16.5. The van der Waals surface area contributed by atoms with Gasteiger partial charge in [-0.15, -0.1) is 0 Å². The monoisotopic (exact) mass is 309 g/mol. The van der Waals surface area contributed by atoms with Crippen molar-refractivity contribution < 1.29 is 9.47 Å². The molecule has 0 aliphatic carbocycles. The average molecular weight is 309 g/mol. The summed E-state index contributed by atoms with van der Waals surface area (Å²) in [5, 5.41) is 0. The first-order valence-electron chi connectivity index (χ1n) is 8.53. The van der Waals surface area contributed by atoms with Gasteiger partial charge in [0.05, 0.1) is 0 Å². The lowest BCUT2D eigenvalue weighted by atomic mass is 9.86. The van der Waals surface area contributed by atoms with Crippen LogP contribution in [0.3, 0.4) is 0 Å². The topological polar surface area (TPSA) is 21.7 Å². The van der Waals surface area contributed by atoms with Crippen LogP contribution in [-0.4, -0.2) is 30.6 Å². The zero-order valence-electron chi connectivity index (χ0n) is 13.4. The van der Waals surface area contributed by atoms with Crippen molar-refractivity contribution in [3.63, 3.8) is 0 Å². The molecule has 1 unspecified atom stereocenters. The Kier molecular flexibility index (Phi) is 4.20. The fourth-order valence-corrected chi connectivity index (χ4v) is 3.61. The molecule has 23 heavy (non-hydrogen) atoms. The van der Waals surface area contributed by atoms with Crippen LogP contribution in [0.25, 0.3) is 0 Å². The van der Waals surface area contributed by atoms with Gasteiger partial charge >= 0.3 is 0 Å². The molecule has 3 nitrogen and oxygen atoms in total. The third-order valence-corrected chi connectivity index (χ3v) is 4.96. The SMILES string of the molecule is c1ccc(COc2ccccc2OC2CN3CCC2CC3)cc1. The normalized spacial score (nSPS) is 26.0. The first-order chi connectivity index (χ1) is 11.4. The van der Waals surface area contributed by atoms with Crippen LogP contribution in [0.2, 0.25) is 0 Å². The Hall–Kier alpha value is -2.00. The lowest BCUT2D eigenvalue weighted by Crippen LogP contribution is -2.52. The minimum absolute atomic E-state index is 0.305. The van der Waals surface area contributed by atoms with Gasteiger partial charge in [-0.25, -0.2) is 0 Å². The smallest absolute Gasteiger partial charge is 0.161 e. The molecule has 3 aliphatic heterocycles. The summed E-state index contributed by atoms with van der Waals surface area (Å²) in [6, 6.07) is 18.3. The summed E-state index contributed by atoms with van der Waals surface area (Å²) in [4.78, 5) is 2.51. The Morgan fingerprint density at radius 2 is 1.57 bits per heavy atom. The van der Waals surface area contributed by atoms with Crippen molar-refractivity contribution in [3.05, 3.63) is 60.2 Å². The van der Waals surface area contributed by atoms with Crippen LogP contribution in [0.1, 0.15) is 18.4 Å². The molecule has 3 aliphatic rings. The van der Waals surface area contributed by atoms with Crippen LogP contribution in [0.4, 0.5) is 0 Å². The van der Waals surface area contributed by atoms with Crippen LogP contribution in [0, 0.1) is 5.92 Å². The van der Waals surface area contributed by atoms with Crippen LogP contribution in [0.15, 0.2) is 54.6 Å². The van der Waals surface area contributed by atoms with E-state index in [0.717, 1.165) is 18.0 Å². The molecule has 0 radical (unpaired) electrons. The minimum atomic E-state index is 0.305. The van der Waals surface area contributed by atoms with Crippen LogP contribution in [0.5, 0.6) is 11.5 Å². The molecule has 3 heteroatoms. The Balaban J connectivity index is 1.44. The van der Waals surface area contributed by atoms with Crippen molar-refractivity contribution in [2.45, 2.75) is 25.6 Å². The largest absolute Gasteiger partial charge is 0.485 e. The van der Waals surface area contributed by atoms with Gasteiger partial charge in [-0.3, -0.25) is 4.90 Å². The highest BCUT2D eigenvalue weighted by Gasteiger charge is 2.35. The number of nitrogens with zero attached hydrogens (tertiary/aromatic N) is 1. The lowest BCUT2D eigenvalue weighted by Gasteiger charge is -2.44. The number of para-hydroxylation sites is 2. The number of hydrogen-bond donors (Lipinski definition) is 0. The lowest BCUT2D eigenvalue weighted by molar-refractivity contribution is -0.00917. The fraction of sp³-hybridized carbons (Fsp3) is 0.400. The Labute approximate surface area is 137 Å². The third-order valence-electron chi connectivity index (χ3n) is 4.96. The highest BCUT2D eigenvalue weighted by molar-refractivity contribution is 5.40. The molecule has 0 spiro atoms. The minimum Gasteiger partial charge on any atom is -0.485 e. The number of piperidine rings is 3. The van der Waals surface area contributed by atoms with E-state index in [1.165, 1.54) is 31.5 Å². The number of fused-ring (bicyclic) bond motifs is 3. The van der Waals surface area contributed by atoms with Crippen molar-refractivity contribution in [2.75, 3.05) is 19.6 Å². The predicted octanol–water partition coefficient (Wildman–Crippen LogP) is 3.74. The van der Waals surface area contributed by atoms with Crippen molar-refractivity contribution in [1.82, 2.24) is 4.90 Å². The van der Waals surface area contributed by atoms with Crippen LogP contribution in [-0.2, 0) is 6.61 Å². The van der Waals surface area contributed by atoms with E-state index in [0.29, 0.717) is 18.6 Å². The van der Waals surface area contributed by atoms with E-state index in [-0.39, 0.29) is 0 Å². The fourth-order valence-electron chi connectivity index (χ4n) is 3.61. The second-order valence-electron chi connectivity index (χ2n) is 6.52. The van der Waals surface area contributed by atoms with Gasteiger partial charge in [-0.2, -0.15) is 0 Å². The molecule has 0 N–H and O–H groups in total. The van der Waals surface area contributed by atoms with E-state index in [1.807, 2.05) is 42.5 Å². The molecule has 2 aromatic carbocycles. The van der Waals surface area contributed by atoms with E-state index in [1.54, 1.807) is 0 Å². The summed E-state index contributed by atoms with van der Waals surface area (Å²) in [5.41, 5.74) is 1.17. The maximum Gasteiger partial charge on any atom is 0.161 e. The number of hydrogen-bond acceptors (Lipinski definition) is 3. The summed E-state index contributed by atoms with van der Waals surface area (Å²) in [7, 11) is 0. The van der Waals surface area contributed by atoms with Crippen molar-refractivity contribution in [3.8, 4) is 11.5 Å². The van der Waals surface area contributed by atoms with Gasteiger partial charge < -0.3 is 9.47 Å². The highest BCUT2D eigenvalue weighted by Crippen LogP contribution is 2.34. The molecule has 0 aromatic heterocycles. The Bertz CT molecular complexity index is 635. The molecule has 5 rings (SSSR count). The molecule has 0 saturated carbocycles. The molecule has 3 saturated heterocycles. The molecular formula is C20H23NO2. The summed E-state index contributed by atoms with van der Waals surface area (Å²) >= 11 is 0. The van der Waals surface area contributed by atoms with Gasteiger partial charge in [0.1, 0.15) is 12.7 Å². The van der Waals surface area contributed by atoms with Gasteiger partial charge in [0.25, 0.3) is 0 Å². The van der Waals surface area contributed by atoms with Gasteiger partial charge in [-0.1, -0.05) is 42.5 Å². The molecule has 2 aromatic rings. The average Bonchev–Trinajstić information content (AvgIpc) is 2.63. The van der Waals surface area contributed by atoms with Crippen LogP contribution < -0.4 is 9.47 Å². The Morgan fingerprint density at radius 3 is 2.26 bits per heavy atom.